The number of aryl methyl sites for hydroxylation is 1. The number of rotatable bonds is 12. The van der Waals surface area contributed by atoms with Gasteiger partial charge in [0, 0.05) is 6.04 Å². The van der Waals surface area contributed by atoms with Crippen molar-refractivity contribution < 1.29 is 18.3 Å². The van der Waals surface area contributed by atoms with E-state index in [1.165, 1.54) is 19.3 Å². The molecule has 0 radical (unpaired) electrons. The van der Waals surface area contributed by atoms with Gasteiger partial charge in [-0.2, -0.15) is 0 Å². The molecule has 1 amide bonds. The summed E-state index contributed by atoms with van der Waals surface area (Å²) < 4.78 is 34.9. The molecule has 0 fully saturated rings. The fraction of sp³-hybridized carbons (Fsp3) is 0.276. The molecule has 0 aliphatic heterocycles. The Morgan fingerprint density at radius 3 is 2.43 bits per heavy atom. The molecule has 1 aromatic rings. The summed E-state index contributed by atoms with van der Waals surface area (Å²) in [6.07, 6.45) is 9.31. The van der Waals surface area contributed by atoms with Gasteiger partial charge in [0.15, 0.2) is 0 Å². The van der Waals surface area contributed by atoms with Gasteiger partial charge in [-0.25, -0.2) is 8.78 Å². The van der Waals surface area contributed by atoms with Crippen molar-refractivity contribution in [1.29, 1.82) is 0 Å². The molecule has 0 spiro atoms. The van der Waals surface area contributed by atoms with Crippen molar-refractivity contribution in [3.05, 3.63) is 105 Å². The van der Waals surface area contributed by atoms with Crippen molar-refractivity contribution in [3.8, 4) is 5.75 Å². The van der Waals surface area contributed by atoms with Crippen molar-refractivity contribution in [2.24, 2.45) is 0 Å². The van der Waals surface area contributed by atoms with Gasteiger partial charge in [0.1, 0.15) is 17.4 Å². The molecule has 1 rings (SSSR count). The summed E-state index contributed by atoms with van der Waals surface area (Å²) in [4.78, 5) is 11.8. The lowest BCUT2D eigenvalue weighted by Crippen LogP contribution is -2.30. The van der Waals surface area contributed by atoms with Crippen molar-refractivity contribution in [1.82, 2.24) is 10.6 Å². The molecule has 0 saturated heterocycles. The van der Waals surface area contributed by atoms with Crippen LogP contribution >= 0.6 is 23.2 Å². The normalized spacial score (nSPS) is 14.3. The van der Waals surface area contributed by atoms with Crippen LogP contribution in [0, 0.1) is 6.92 Å². The number of carbonyl (C=O) groups is 1. The molecule has 200 valence electrons. The van der Waals surface area contributed by atoms with Gasteiger partial charge in [0.25, 0.3) is 0 Å². The zero-order valence-electron chi connectivity index (χ0n) is 22.1. The van der Waals surface area contributed by atoms with E-state index in [-0.39, 0.29) is 27.3 Å². The van der Waals surface area contributed by atoms with Gasteiger partial charge >= 0.3 is 0 Å². The van der Waals surface area contributed by atoms with Crippen molar-refractivity contribution in [3.63, 3.8) is 0 Å². The number of ether oxygens (including phenoxy) is 1. The van der Waals surface area contributed by atoms with Crippen LogP contribution in [0.1, 0.15) is 45.2 Å². The van der Waals surface area contributed by atoms with Crippen LogP contribution in [0.15, 0.2) is 84.0 Å². The van der Waals surface area contributed by atoms with Gasteiger partial charge in [0.05, 0.1) is 34.1 Å². The lowest BCUT2D eigenvalue weighted by Gasteiger charge is -2.17. The van der Waals surface area contributed by atoms with Crippen molar-refractivity contribution >= 4 is 34.9 Å². The van der Waals surface area contributed by atoms with Gasteiger partial charge < -0.3 is 15.4 Å². The van der Waals surface area contributed by atoms with Gasteiger partial charge in [-0.15, -0.1) is 0 Å². The molecule has 1 aromatic carbocycles. The first-order valence-corrected chi connectivity index (χ1v) is 12.4. The SMILES string of the molecule is C=CC(=O)N/C(=C/C(F)=C(\C)CC)C(=C)NC(C)\C=C/C(/C=C(\F)c1c(Cl)c(C)cc(OC)c1Cl)=C\C. The molecular weight excluding hydrogens is 517 g/mol. The Morgan fingerprint density at radius 1 is 1.24 bits per heavy atom. The second-order valence-corrected chi connectivity index (χ2v) is 8.94. The highest BCUT2D eigenvalue weighted by molar-refractivity contribution is 6.38. The Kier molecular flexibility index (Phi) is 13.1. The molecule has 0 saturated carbocycles. The second kappa shape index (κ2) is 15.2. The molecule has 0 aliphatic carbocycles. The third kappa shape index (κ3) is 9.38. The van der Waals surface area contributed by atoms with Crippen LogP contribution in [0.3, 0.4) is 0 Å². The van der Waals surface area contributed by atoms with Crippen molar-refractivity contribution in [2.75, 3.05) is 7.11 Å². The largest absolute Gasteiger partial charge is 0.495 e. The quantitative estimate of drug-likeness (QED) is 0.202. The van der Waals surface area contributed by atoms with Gasteiger partial charge in [-0.05, 0) is 75.1 Å². The summed E-state index contributed by atoms with van der Waals surface area (Å²) in [5.74, 6) is -1.26. The molecule has 0 heterocycles. The average molecular weight is 552 g/mol. The van der Waals surface area contributed by atoms with E-state index in [9.17, 15) is 9.18 Å². The summed E-state index contributed by atoms with van der Waals surface area (Å²) in [5.41, 5.74) is 2.23. The standard InChI is InChI=1S/C29H34Cl2F2N2O2/c1-9-17(4)22(32)16-24(35-26(36)11-3)20(7)34-19(6)12-13-21(10-2)15-23(33)27-28(30)18(5)14-25(37-8)29(27)31/h10-16,19,34H,3,7,9H2,1-2,4-6,8H3,(H,35,36)/b13-12-,21-10+,22-17-,23-15-,24-16+. The minimum atomic E-state index is -0.620. The molecule has 1 atom stereocenters. The maximum atomic E-state index is 15.2. The number of nitrogens with one attached hydrogen (secondary N) is 2. The molecular formula is C29H34Cl2F2N2O2. The van der Waals surface area contributed by atoms with E-state index in [2.05, 4.69) is 23.8 Å². The molecule has 4 nitrogen and oxygen atoms in total. The first-order valence-electron chi connectivity index (χ1n) is 11.6. The number of benzene rings is 1. The minimum Gasteiger partial charge on any atom is -0.495 e. The average Bonchev–Trinajstić information content (AvgIpc) is 2.87. The van der Waals surface area contributed by atoms with Crippen LogP contribution in [0.25, 0.3) is 5.83 Å². The Hall–Kier alpha value is -3.09. The number of halogens is 4. The fourth-order valence-electron chi connectivity index (χ4n) is 3.00. The van der Waals surface area contributed by atoms with Crippen LogP contribution in [-0.2, 0) is 4.79 Å². The Bertz CT molecular complexity index is 1190. The maximum Gasteiger partial charge on any atom is 0.247 e. The van der Waals surface area contributed by atoms with Crippen LogP contribution in [0.2, 0.25) is 10.0 Å². The summed E-state index contributed by atoms with van der Waals surface area (Å²) in [6, 6.07) is 1.33. The summed E-state index contributed by atoms with van der Waals surface area (Å²) in [7, 11) is 1.45. The van der Waals surface area contributed by atoms with E-state index >= 15 is 4.39 Å². The Labute approximate surface area is 228 Å². The fourth-order valence-corrected chi connectivity index (χ4v) is 3.61. The molecule has 1 unspecified atom stereocenters. The summed E-state index contributed by atoms with van der Waals surface area (Å²) >= 11 is 12.6. The molecule has 0 aromatic heterocycles. The highest BCUT2D eigenvalue weighted by Crippen LogP contribution is 2.40. The zero-order valence-corrected chi connectivity index (χ0v) is 23.6. The van der Waals surface area contributed by atoms with E-state index in [0.29, 0.717) is 34.6 Å². The lowest BCUT2D eigenvalue weighted by atomic mass is 10.1. The third-order valence-corrected chi connectivity index (χ3v) is 6.25. The molecule has 8 heteroatoms. The smallest absolute Gasteiger partial charge is 0.247 e. The number of hydrogen-bond acceptors (Lipinski definition) is 3. The zero-order chi connectivity index (χ0) is 28.3. The van der Waals surface area contributed by atoms with E-state index < -0.39 is 17.6 Å². The Balaban J connectivity index is 3.17. The number of amides is 1. The van der Waals surface area contributed by atoms with Crippen LogP contribution in [0.4, 0.5) is 8.78 Å². The number of allylic oxidation sites excluding steroid dienone is 7. The Morgan fingerprint density at radius 2 is 1.89 bits per heavy atom. The highest BCUT2D eigenvalue weighted by atomic mass is 35.5. The molecule has 2 N–H and O–H groups in total. The third-order valence-electron chi connectivity index (χ3n) is 5.39. The van der Waals surface area contributed by atoms with Gasteiger partial charge in [0.2, 0.25) is 5.91 Å². The van der Waals surface area contributed by atoms with Gasteiger partial charge in [-0.1, -0.05) is 61.5 Å². The minimum absolute atomic E-state index is 0.0534. The topological polar surface area (TPSA) is 50.4 Å². The second-order valence-electron chi connectivity index (χ2n) is 8.18. The first-order chi connectivity index (χ1) is 17.4. The van der Waals surface area contributed by atoms with E-state index in [4.69, 9.17) is 27.9 Å². The molecule has 0 aliphatic rings. The maximum absolute atomic E-state index is 15.2. The molecule has 0 bridgehead atoms. The van der Waals surface area contributed by atoms with E-state index in [1.54, 1.807) is 45.1 Å². The lowest BCUT2D eigenvalue weighted by molar-refractivity contribution is -0.115. The predicted molar refractivity (Wildman–Crippen MR) is 152 cm³/mol. The number of hydrogen-bond donors (Lipinski definition) is 2. The number of methoxy groups -OCH3 is 1. The van der Waals surface area contributed by atoms with Crippen molar-refractivity contribution in [2.45, 2.75) is 47.1 Å². The van der Waals surface area contributed by atoms with Crippen LogP contribution < -0.4 is 15.4 Å². The number of carbonyl (C=O) groups excluding carboxylic acids is 1. The summed E-state index contributed by atoms with van der Waals surface area (Å²) in [6.45, 7) is 16.2. The predicted octanol–water partition coefficient (Wildman–Crippen LogP) is 8.45. The molecule has 37 heavy (non-hydrogen) atoms. The monoisotopic (exact) mass is 550 g/mol. The van der Waals surface area contributed by atoms with Gasteiger partial charge in [-0.3, -0.25) is 4.79 Å². The van der Waals surface area contributed by atoms with Crippen LogP contribution in [-0.4, -0.2) is 19.1 Å². The van der Waals surface area contributed by atoms with E-state index in [0.717, 1.165) is 6.08 Å². The van der Waals surface area contributed by atoms with Crippen LogP contribution in [0.5, 0.6) is 5.75 Å². The summed E-state index contributed by atoms with van der Waals surface area (Å²) in [5, 5.41) is 5.93. The first kappa shape index (κ1) is 31.9. The highest BCUT2D eigenvalue weighted by Gasteiger charge is 2.18. The van der Waals surface area contributed by atoms with E-state index in [1.807, 2.05) is 13.8 Å².